The van der Waals surface area contributed by atoms with Crippen molar-refractivity contribution in [3.05, 3.63) is 69.8 Å². The summed E-state index contributed by atoms with van der Waals surface area (Å²) in [5.41, 5.74) is 14.7. The molecule has 2 aliphatic rings. The van der Waals surface area contributed by atoms with Crippen LogP contribution in [0.4, 0.5) is 0 Å². The zero-order valence-corrected chi connectivity index (χ0v) is 29.6. The Balaban J connectivity index is 1.14. The molecule has 10 rings (SSSR count). The standard InChI is InChI=1S/C34H24N4S6/c1-13-7-9-15(25-23(13)35-43-37-25)19-11-17-27(39-19)29-21(33(17,3)4)31-32(41-29)22-30(42-31)28-18(34(22,5)6)12-20(40-28)16-10-8-14(2)24-26(16)38-44-36-24/h7-12H,1-6H3. The maximum Gasteiger partial charge on any atom is 0.113 e. The molecule has 6 aromatic heterocycles. The first kappa shape index (κ1) is 26.4. The Morgan fingerprint density at radius 2 is 0.909 bits per heavy atom. The molecule has 0 saturated heterocycles. The molecule has 0 amide bonds. The summed E-state index contributed by atoms with van der Waals surface area (Å²) in [5.74, 6) is 0. The number of thiophene rings is 4. The summed E-state index contributed by atoms with van der Waals surface area (Å²) in [5, 5.41) is 0. The Labute approximate surface area is 278 Å². The quantitative estimate of drug-likeness (QED) is 0.182. The molecule has 0 unspecified atom stereocenters. The first-order valence-electron chi connectivity index (χ1n) is 14.5. The molecule has 0 radical (unpaired) electrons. The van der Waals surface area contributed by atoms with Crippen molar-refractivity contribution >= 4 is 100 Å². The molecule has 8 aromatic rings. The molecular formula is C34H24N4S6. The number of nitrogens with zero attached hydrogens (tertiary/aromatic N) is 4. The smallest absolute Gasteiger partial charge is 0.113 e. The first-order valence-corrected chi connectivity index (χ1v) is 19.2. The summed E-state index contributed by atoms with van der Waals surface area (Å²) in [6.45, 7) is 13.9. The lowest BCUT2D eigenvalue weighted by Crippen LogP contribution is -2.15. The summed E-state index contributed by atoms with van der Waals surface area (Å²) >= 11 is 10.5. The van der Waals surface area contributed by atoms with E-state index in [-0.39, 0.29) is 10.8 Å². The molecule has 10 heteroatoms. The highest BCUT2D eigenvalue weighted by atomic mass is 32.1. The summed E-state index contributed by atoms with van der Waals surface area (Å²) in [6, 6.07) is 13.7. The molecule has 0 atom stereocenters. The predicted molar refractivity (Wildman–Crippen MR) is 193 cm³/mol. The van der Waals surface area contributed by atoms with Crippen LogP contribution in [0.5, 0.6) is 0 Å². The molecule has 44 heavy (non-hydrogen) atoms. The molecule has 6 heterocycles. The maximum atomic E-state index is 4.69. The van der Waals surface area contributed by atoms with Gasteiger partial charge in [-0.15, -0.1) is 45.3 Å². The van der Waals surface area contributed by atoms with Crippen molar-refractivity contribution in [2.45, 2.75) is 52.4 Å². The number of benzene rings is 2. The lowest BCUT2D eigenvalue weighted by atomic mass is 9.81. The van der Waals surface area contributed by atoms with E-state index in [9.17, 15) is 0 Å². The van der Waals surface area contributed by atoms with Gasteiger partial charge in [0.2, 0.25) is 0 Å². The third-order valence-corrected chi connectivity index (χ3v) is 16.0. The number of aromatic nitrogens is 4. The van der Waals surface area contributed by atoms with Gasteiger partial charge in [0, 0.05) is 41.5 Å². The topological polar surface area (TPSA) is 51.6 Å². The van der Waals surface area contributed by atoms with Crippen molar-refractivity contribution in [3.63, 3.8) is 0 Å². The van der Waals surface area contributed by atoms with Gasteiger partial charge in [-0.05, 0) is 59.4 Å². The third-order valence-electron chi connectivity index (χ3n) is 9.76. The molecule has 2 aliphatic carbocycles. The van der Waals surface area contributed by atoms with Gasteiger partial charge >= 0.3 is 0 Å². The van der Waals surface area contributed by atoms with Crippen LogP contribution in [0, 0.1) is 13.8 Å². The van der Waals surface area contributed by atoms with Gasteiger partial charge in [-0.1, -0.05) is 52.0 Å². The van der Waals surface area contributed by atoms with Crippen LogP contribution in [0.1, 0.15) is 61.1 Å². The van der Waals surface area contributed by atoms with Gasteiger partial charge in [-0.3, -0.25) is 0 Å². The Kier molecular flexibility index (Phi) is 5.08. The molecule has 0 saturated carbocycles. The van der Waals surface area contributed by atoms with Crippen LogP contribution < -0.4 is 0 Å². The minimum Gasteiger partial charge on any atom is -0.173 e. The van der Waals surface area contributed by atoms with Crippen LogP contribution in [0.15, 0.2) is 36.4 Å². The Morgan fingerprint density at radius 3 is 1.34 bits per heavy atom. The van der Waals surface area contributed by atoms with Crippen molar-refractivity contribution in [1.29, 1.82) is 0 Å². The minimum absolute atomic E-state index is 0.0564. The van der Waals surface area contributed by atoms with E-state index in [0.717, 1.165) is 22.1 Å². The van der Waals surface area contributed by atoms with E-state index in [0.29, 0.717) is 0 Å². The summed E-state index contributed by atoms with van der Waals surface area (Å²) in [4.78, 5) is 8.40. The minimum atomic E-state index is -0.0564. The van der Waals surface area contributed by atoms with Crippen LogP contribution in [0.3, 0.4) is 0 Å². The average Bonchev–Trinajstić information content (AvgIpc) is 3.82. The lowest BCUT2D eigenvalue weighted by Gasteiger charge is -2.21. The van der Waals surface area contributed by atoms with E-state index in [4.69, 9.17) is 8.75 Å². The van der Waals surface area contributed by atoms with E-state index in [1.54, 1.807) is 0 Å². The molecular weight excluding hydrogens is 657 g/mol. The highest BCUT2D eigenvalue weighted by Gasteiger charge is 2.46. The van der Waals surface area contributed by atoms with Gasteiger partial charge in [0.1, 0.15) is 22.1 Å². The molecule has 0 spiro atoms. The predicted octanol–water partition coefficient (Wildman–Crippen LogP) is 11.7. The van der Waals surface area contributed by atoms with E-state index in [1.165, 1.54) is 107 Å². The molecule has 4 nitrogen and oxygen atoms in total. The third kappa shape index (κ3) is 3.12. The number of aryl methyl sites for hydroxylation is 2. The maximum absolute atomic E-state index is 4.69. The second kappa shape index (κ2) is 8.48. The van der Waals surface area contributed by atoms with Crippen molar-refractivity contribution in [2.24, 2.45) is 0 Å². The van der Waals surface area contributed by atoms with Gasteiger partial charge in [-0.2, -0.15) is 17.5 Å². The highest BCUT2D eigenvalue weighted by molar-refractivity contribution is 7.35. The monoisotopic (exact) mass is 680 g/mol. The first-order chi connectivity index (χ1) is 21.1. The van der Waals surface area contributed by atoms with Crippen LogP contribution in [-0.4, -0.2) is 17.5 Å². The molecule has 0 fully saturated rings. The SMILES string of the molecule is Cc1ccc(-c2cc3c(s2)-c2sc4c5c(sc4c2C3(C)C)-c2sc(-c3ccc(C)c4nsnc34)cc2C5(C)C)c2nsnc12. The van der Waals surface area contributed by atoms with Crippen molar-refractivity contribution in [2.75, 3.05) is 0 Å². The van der Waals surface area contributed by atoms with Gasteiger partial charge in [-0.25, -0.2) is 0 Å². The zero-order chi connectivity index (χ0) is 29.9. The molecule has 0 aliphatic heterocycles. The van der Waals surface area contributed by atoms with Crippen LogP contribution in [0.25, 0.3) is 71.9 Å². The molecule has 0 bridgehead atoms. The van der Waals surface area contributed by atoms with Crippen molar-refractivity contribution in [1.82, 2.24) is 17.5 Å². The molecule has 2 aromatic carbocycles. The van der Waals surface area contributed by atoms with Crippen LogP contribution in [0.2, 0.25) is 0 Å². The van der Waals surface area contributed by atoms with E-state index in [1.807, 2.05) is 45.3 Å². The number of hydrogen-bond acceptors (Lipinski definition) is 10. The lowest BCUT2D eigenvalue weighted by molar-refractivity contribution is 0.667. The van der Waals surface area contributed by atoms with E-state index in [2.05, 4.69) is 86.7 Å². The van der Waals surface area contributed by atoms with Gasteiger partial charge in [0.05, 0.1) is 42.6 Å². The van der Waals surface area contributed by atoms with Gasteiger partial charge in [0.25, 0.3) is 0 Å². The largest absolute Gasteiger partial charge is 0.173 e. The Hall–Kier alpha value is -2.86. The van der Waals surface area contributed by atoms with E-state index < -0.39 is 0 Å². The fourth-order valence-electron chi connectivity index (χ4n) is 7.35. The summed E-state index contributed by atoms with van der Waals surface area (Å²) in [7, 11) is 0. The zero-order valence-electron chi connectivity index (χ0n) is 24.7. The van der Waals surface area contributed by atoms with Gasteiger partial charge < -0.3 is 0 Å². The second-order valence-electron chi connectivity index (χ2n) is 13.0. The fourth-order valence-corrected chi connectivity index (χ4v) is 15.1. The second-order valence-corrected chi connectivity index (χ2v) is 18.2. The van der Waals surface area contributed by atoms with Gasteiger partial charge in [0.15, 0.2) is 0 Å². The average molecular weight is 681 g/mol. The van der Waals surface area contributed by atoms with Crippen LogP contribution >= 0.6 is 68.8 Å². The molecule has 0 N–H and O–H groups in total. The normalized spacial score (nSPS) is 15.9. The molecule has 216 valence electrons. The van der Waals surface area contributed by atoms with Crippen molar-refractivity contribution in [3.8, 4) is 40.4 Å². The van der Waals surface area contributed by atoms with Crippen LogP contribution in [-0.2, 0) is 10.8 Å². The number of hydrogen-bond donors (Lipinski definition) is 0. The number of fused-ring (bicyclic) bond motifs is 11. The van der Waals surface area contributed by atoms with E-state index >= 15 is 0 Å². The van der Waals surface area contributed by atoms with Crippen molar-refractivity contribution < 1.29 is 0 Å². The summed E-state index contributed by atoms with van der Waals surface area (Å²) in [6.07, 6.45) is 0. The Morgan fingerprint density at radius 1 is 0.500 bits per heavy atom. The fraction of sp³-hybridized carbons (Fsp3) is 0.235. The highest BCUT2D eigenvalue weighted by Crippen LogP contribution is 2.66. The Bertz CT molecular complexity index is 2370. The number of rotatable bonds is 2. The summed E-state index contributed by atoms with van der Waals surface area (Å²) < 4.78 is 21.5.